The second kappa shape index (κ2) is 5.09. The van der Waals surface area contributed by atoms with Crippen LogP contribution in [0.2, 0.25) is 0 Å². The van der Waals surface area contributed by atoms with Crippen molar-refractivity contribution in [1.29, 1.82) is 0 Å². The number of hydrogen-bond acceptors (Lipinski definition) is 5. The number of aliphatic hydroxyl groups excluding tert-OH is 1. The fourth-order valence-corrected chi connectivity index (χ4v) is 2.78. The van der Waals surface area contributed by atoms with Gasteiger partial charge in [0.05, 0.1) is 0 Å². The standard InChI is InChI=1S/C12H18ClN3O2/c13-10-5-4-8(7-14-10)6-9-2-1-3-11-16(9)15-12(17)18-11/h2,7,10-12,14-15,17H,1,3-6H2. The maximum atomic E-state index is 9.47. The molecule has 5 nitrogen and oxygen atoms in total. The monoisotopic (exact) mass is 271 g/mol. The average Bonchev–Trinajstić information content (AvgIpc) is 2.73. The number of fused-ring (bicyclic) bond motifs is 1. The summed E-state index contributed by atoms with van der Waals surface area (Å²) in [5.41, 5.74) is 5.49. The highest BCUT2D eigenvalue weighted by Gasteiger charge is 2.34. The van der Waals surface area contributed by atoms with Crippen molar-refractivity contribution in [2.45, 2.75) is 50.2 Å². The maximum absolute atomic E-state index is 9.47. The Hall–Kier alpha value is -0.750. The Balaban J connectivity index is 1.67. The van der Waals surface area contributed by atoms with Crippen molar-refractivity contribution in [2.75, 3.05) is 0 Å². The summed E-state index contributed by atoms with van der Waals surface area (Å²) in [7, 11) is 0. The van der Waals surface area contributed by atoms with Crippen LogP contribution in [0.1, 0.15) is 32.1 Å². The molecule has 18 heavy (non-hydrogen) atoms. The third kappa shape index (κ3) is 2.49. The van der Waals surface area contributed by atoms with E-state index in [1.165, 1.54) is 11.3 Å². The van der Waals surface area contributed by atoms with E-state index < -0.39 is 6.41 Å². The lowest BCUT2D eigenvalue weighted by Crippen LogP contribution is -2.40. The van der Waals surface area contributed by atoms with Crippen LogP contribution in [0.5, 0.6) is 0 Å². The largest absolute Gasteiger partial charge is 0.375 e. The van der Waals surface area contributed by atoms with E-state index in [1.54, 1.807) is 0 Å². The SMILES string of the molecule is OC1NN2C(CC3=CNC(Cl)CC3)=CCCC2O1. The van der Waals surface area contributed by atoms with Gasteiger partial charge >= 0.3 is 0 Å². The van der Waals surface area contributed by atoms with Gasteiger partial charge in [0.25, 0.3) is 0 Å². The summed E-state index contributed by atoms with van der Waals surface area (Å²) in [6.45, 7) is 0. The van der Waals surface area contributed by atoms with E-state index in [2.05, 4.69) is 16.8 Å². The third-order valence-corrected chi connectivity index (χ3v) is 3.87. The summed E-state index contributed by atoms with van der Waals surface area (Å²) in [6.07, 6.45) is 8.03. The molecule has 3 rings (SSSR count). The number of ether oxygens (including phenoxy) is 1. The molecule has 0 bridgehead atoms. The van der Waals surface area contributed by atoms with Crippen LogP contribution in [0.25, 0.3) is 0 Å². The molecule has 0 aromatic carbocycles. The quantitative estimate of drug-likeness (QED) is 0.523. The molecular formula is C12H18ClN3O2. The second-order valence-corrected chi connectivity index (χ2v) is 5.39. The molecule has 0 aromatic heterocycles. The topological polar surface area (TPSA) is 56.8 Å². The zero-order valence-electron chi connectivity index (χ0n) is 10.1. The van der Waals surface area contributed by atoms with E-state index >= 15 is 0 Å². The van der Waals surface area contributed by atoms with E-state index in [0.29, 0.717) is 0 Å². The van der Waals surface area contributed by atoms with Gasteiger partial charge in [-0.2, -0.15) is 5.43 Å². The van der Waals surface area contributed by atoms with Gasteiger partial charge in [0.2, 0.25) is 6.41 Å². The summed E-state index contributed by atoms with van der Waals surface area (Å²) in [5, 5.41) is 14.6. The normalized spacial score (nSPS) is 35.7. The van der Waals surface area contributed by atoms with Crippen LogP contribution in [0.4, 0.5) is 0 Å². The van der Waals surface area contributed by atoms with Gasteiger partial charge < -0.3 is 15.2 Å². The predicted octanol–water partition coefficient (Wildman–Crippen LogP) is 1.33. The van der Waals surface area contributed by atoms with Crippen LogP contribution in [0.3, 0.4) is 0 Å². The molecule has 1 saturated heterocycles. The van der Waals surface area contributed by atoms with E-state index in [9.17, 15) is 5.11 Å². The first kappa shape index (κ1) is 12.3. The van der Waals surface area contributed by atoms with Gasteiger partial charge in [-0.1, -0.05) is 17.7 Å². The molecule has 3 heterocycles. The zero-order valence-corrected chi connectivity index (χ0v) is 10.9. The fourth-order valence-electron chi connectivity index (χ4n) is 2.60. The van der Waals surface area contributed by atoms with Crippen molar-refractivity contribution in [3.63, 3.8) is 0 Å². The molecule has 3 aliphatic rings. The van der Waals surface area contributed by atoms with Gasteiger partial charge in [0, 0.05) is 12.1 Å². The number of nitrogens with zero attached hydrogens (tertiary/aromatic N) is 1. The summed E-state index contributed by atoms with van der Waals surface area (Å²) in [5.74, 6) is 0. The molecule has 100 valence electrons. The van der Waals surface area contributed by atoms with Crippen molar-refractivity contribution in [3.8, 4) is 0 Å². The summed E-state index contributed by atoms with van der Waals surface area (Å²) >= 11 is 5.99. The van der Waals surface area contributed by atoms with Crippen LogP contribution < -0.4 is 10.7 Å². The molecule has 3 N–H and O–H groups in total. The van der Waals surface area contributed by atoms with Crippen molar-refractivity contribution < 1.29 is 9.84 Å². The van der Waals surface area contributed by atoms with Gasteiger partial charge in [-0.05, 0) is 37.5 Å². The van der Waals surface area contributed by atoms with E-state index in [0.717, 1.165) is 32.1 Å². The molecule has 0 spiro atoms. The average molecular weight is 272 g/mol. The highest BCUT2D eigenvalue weighted by Crippen LogP contribution is 2.30. The van der Waals surface area contributed by atoms with Gasteiger partial charge in [0.1, 0.15) is 11.7 Å². The Morgan fingerprint density at radius 2 is 2.39 bits per heavy atom. The van der Waals surface area contributed by atoms with Crippen molar-refractivity contribution in [2.24, 2.45) is 0 Å². The van der Waals surface area contributed by atoms with Crippen molar-refractivity contribution in [3.05, 3.63) is 23.5 Å². The lowest BCUT2D eigenvalue weighted by atomic mass is 10.0. The first-order valence-corrected chi connectivity index (χ1v) is 6.82. The second-order valence-electron chi connectivity index (χ2n) is 4.87. The van der Waals surface area contributed by atoms with Crippen molar-refractivity contribution >= 4 is 11.6 Å². The fraction of sp³-hybridized carbons (Fsp3) is 0.667. The lowest BCUT2D eigenvalue weighted by Gasteiger charge is -2.31. The van der Waals surface area contributed by atoms with Crippen LogP contribution in [0, 0.1) is 0 Å². The predicted molar refractivity (Wildman–Crippen MR) is 67.9 cm³/mol. The summed E-state index contributed by atoms with van der Waals surface area (Å²) < 4.78 is 5.38. The smallest absolute Gasteiger partial charge is 0.232 e. The van der Waals surface area contributed by atoms with Crippen molar-refractivity contribution in [1.82, 2.24) is 15.8 Å². The first-order valence-electron chi connectivity index (χ1n) is 6.38. The minimum absolute atomic E-state index is 0.0436. The number of rotatable bonds is 2. The molecular weight excluding hydrogens is 254 g/mol. The van der Waals surface area contributed by atoms with E-state index in [-0.39, 0.29) is 11.7 Å². The number of allylic oxidation sites excluding steroid dienone is 2. The Morgan fingerprint density at radius 1 is 1.50 bits per heavy atom. The molecule has 0 aromatic rings. The van der Waals surface area contributed by atoms with Gasteiger partial charge in [-0.25, -0.2) is 0 Å². The Bertz CT molecular complexity index is 386. The van der Waals surface area contributed by atoms with Crippen LogP contribution in [-0.4, -0.2) is 28.3 Å². The van der Waals surface area contributed by atoms with Crippen LogP contribution >= 0.6 is 11.6 Å². The Morgan fingerprint density at radius 3 is 3.17 bits per heavy atom. The molecule has 0 saturated carbocycles. The molecule has 3 unspecified atom stereocenters. The highest BCUT2D eigenvalue weighted by molar-refractivity contribution is 6.20. The lowest BCUT2D eigenvalue weighted by molar-refractivity contribution is -0.105. The molecule has 6 heteroatoms. The molecule has 3 atom stereocenters. The number of hydrazine groups is 1. The summed E-state index contributed by atoms with van der Waals surface area (Å²) in [4.78, 5) is 0. The molecule has 0 amide bonds. The van der Waals surface area contributed by atoms with E-state index in [4.69, 9.17) is 16.3 Å². The Kier molecular flexibility index (Phi) is 3.48. The molecule has 1 fully saturated rings. The minimum atomic E-state index is -0.887. The van der Waals surface area contributed by atoms with Gasteiger partial charge in [-0.3, -0.25) is 5.01 Å². The molecule has 3 aliphatic heterocycles. The number of nitrogens with one attached hydrogen (secondary N) is 2. The molecule has 0 radical (unpaired) electrons. The van der Waals surface area contributed by atoms with E-state index in [1.807, 2.05) is 11.2 Å². The number of hydrogen-bond donors (Lipinski definition) is 3. The van der Waals surface area contributed by atoms with Gasteiger partial charge in [0.15, 0.2) is 0 Å². The molecule has 0 aliphatic carbocycles. The number of aliphatic hydroxyl groups is 1. The maximum Gasteiger partial charge on any atom is 0.232 e. The van der Waals surface area contributed by atoms with Gasteiger partial charge in [-0.15, -0.1) is 0 Å². The zero-order chi connectivity index (χ0) is 12.5. The highest BCUT2D eigenvalue weighted by atomic mass is 35.5. The third-order valence-electron chi connectivity index (χ3n) is 3.52. The minimum Gasteiger partial charge on any atom is -0.375 e. The number of alkyl halides is 1. The first-order chi connectivity index (χ1) is 8.72. The van der Waals surface area contributed by atoms with Crippen LogP contribution in [-0.2, 0) is 4.74 Å². The Labute approximate surface area is 111 Å². The summed E-state index contributed by atoms with van der Waals surface area (Å²) in [6, 6.07) is 0. The van der Waals surface area contributed by atoms with Crippen LogP contribution in [0.15, 0.2) is 23.5 Å². The number of halogens is 1.